The van der Waals surface area contributed by atoms with Crippen molar-refractivity contribution < 1.29 is 45.0 Å². The van der Waals surface area contributed by atoms with Crippen molar-refractivity contribution in [1.29, 1.82) is 0 Å². The van der Waals surface area contributed by atoms with Gasteiger partial charge in [-0.1, -0.05) is 6.07 Å². The van der Waals surface area contributed by atoms with Crippen molar-refractivity contribution in [3.8, 4) is 17.0 Å². The number of carbonyl (C=O) groups is 1. The van der Waals surface area contributed by atoms with Crippen LogP contribution in [0.3, 0.4) is 0 Å². The van der Waals surface area contributed by atoms with E-state index in [4.69, 9.17) is 9.84 Å². The lowest BCUT2D eigenvalue weighted by Crippen LogP contribution is -2.45. The second-order valence-electron chi connectivity index (χ2n) is 8.78. The van der Waals surface area contributed by atoms with Crippen LogP contribution in [0.4, 0.5) is 22.0 Å². The van der Waals surface area contributed by atoms with Gasteiger partial charge in [0.1, 0.15) is 30.3 Å². The molecule has 15 heteroatoms. The van der Waals surface area contributed by atoms with Gasteiger partial charge < -0.3 is 15.2 Å². The van der Waals surface area contributed by atoms with E-state index in [2.05, 4.69) is 15.3 Å². The van der Waals surface area contributed by atoms with Crippen molar-refractivity contribution in [3.05, 3.63) is 71.9 Å². The average molecular weight is 587 g/mol. The number of pyridine rings is 2. The molecule has 1 aromatic carbocycles. The van der Waals surface area contributed by atoms with Gasteiger partial charge in [-0.25, -0.2) is 22.2 Å². The molecule has 3 aromatic rings. The summed E-state index contributed by atoms with van der Waals surface area (Å²) in [5, 5.41) is 11.6. The minimum Gasteiger partial charge on any atom is -0.475 e. The van der Waals surface area contributed by atoms with Gasteiger partial charge in [0.15, 0.2) is 0 Å². The molecular weight excluding hydrogens is 563 g/mol. The first-order valence-corrected chi connectivity index (χ1v) is 13.3. The number of aliphatic hydroxyl groups is 1. The van der Waals surface area contributed by atoms with Crippen LogP contribution in [-0.4, -0.2) is 65.7 Å². The number of carbonyl (C=O) groups excluding carboxylic acids is 1. The normalized spacial score (nSPS) is 18.1. The summed E-state index contributed by atoms with van der Waals surface area (Å²) in [4.78, 5) is 20.3. The molecule has 9 nitrogen and oxygen atoms in total. The summed E-state index contributed by atoms with van der Waals surface area (Å²) in [5.41, 5.74) is -0.276. The van der Waals surface area contributed by atoms with Gasteiger partial charge >= 0.3 is 6.18 Å². The van der Waals surface area contributed by atoms with Gasteiger partial charge in [0.25, 0.3) is 0 Å². The summed E-state index contributed by atoms with van der Waals surface area (Å²) in [6.07, 6.45) is -5.63. The summed E-state index contributed by atoms with van der Waals surface area (Å²) >= 11 is 0. The lowest BCUT2D eigenvalue weighted by molar-refractivity contribution is -0.141. The maximum Gasteiger partial charge on any atom is 0.433 e. The van der Waals surface area contributed by atoms with Gasteiger partial charge in [-0.05, 0) is 42.0 Å². The number of rotatable bonds is 9. The van der Waals surface area contributed by atoms with Gasteiger partial charge in [-0.2, -0.15) is 17.5 Å². The van der Waals surface area contributed by atoms with E-state index in [0.717, 1.165) is 36.5 Å². The fourth-order valence-corrected chi connectivity index (χ4v) is 5.70. The van der Waals surface area contributed by atoms with Crippen molar-refractivity contribution in [2.45, 2.75) is 36.3 Å². The molecule has 4 rings (SSSR count). The first kappa shape index (κ1) is 29.3. The monoisotopic (exact) mass is 586 g/mol. The van der Waals surface area contributed by atoms with E-state index in [9.17, 15) is 35.2 Å². The molecule has 2 atom stereocenters. The molecule has 2 N–H and O–H groups in total. The van der Waals surface area contributed by atoms with Crippen LogP contribution in [0.5, 0.6) is 5.88 Å². The highest BCUT2D eigenvalue weighted by Crippen LogP contribution is 2.31. The molecule has 0 unspecified atom stereocenters. The lowest BCUT2D eigenvalue weighted by atomic mass is 10.1. The van der Waals surface area contributed by atoms with Gasteiger partial charge in [-0.3, -0.25) is 9.78 Å². The quantitative estimate of drug-likeness (QED) is 0.370. The molecule has 1 fully saturated rings. The number of benzene rings is 1. The van der Waals surface area contributed by atoms with Crippen LogP contribution in [0.15, 0.2) is 59.6 Å². The molecule has 1 aliphatic rings. The zero-order valence-electron chi connectivity index (χ0n) is 20.6. The van der Waals surface area contributed by atoms with Crippen LogP contribution in [-0.2, 0) is 27.5 Å². The summed E-state index contributed by atoms with van der Waals surface area (Å²) in [7, 11) is -4.32. The van der Waals surface area contributed by atoms with E-state index in [1.807, 2.05) is 0 Å². The van der Waals surface area contributed by atoms with Crippen molar-refractivity contribution in [3.63, 3.8) is 0 Å². The number of ether oxygens (including phenoxy) is 1. The third-order valence-corrected chi connectivity index (χ3v) is 7.84. The third kappa shape index (κ3) is 6.71. The molecule has 214 valence electrons. The Balaban J connectivity index is 1.54. The summed E-state index contributed by atoms with van der Waals surface area (Å²) < 4.78 is 98.4. The number of aliphatic hydroxyl groups excluding tert-OH is 1. The van der Waals surface area contributed by atoms with Gasteiger partial charge in [0, 0.05) is 30.8 Å². The number of halogens is 5. The highest BCUT2D eigenvalue weighted by Gasteiger charge is 2.44. The second kappa shape index (κ2) is 11.8. The highest BCUT2D eigenvalue weighted by atomic mass is 32.2. The lowest BCUT2D eigenvalue weighted by Gasteiger charge is -2.23. The van der Waals surface area contributed by atoms with Crippen molar-refractivity contribution in [2.75, 3.05) is 19.8 Å². The van der Waals surface area contributed by atoms with E-state index in [0.29, 0.717) is 9.87 Å². The van der Waals surface area contributed by atoms with E-state index in [-0.39, 0.29) is 41.8 Å². The van der Waals surface area contributed by atoms with E-state index >= 15 is 0 Å². The number of hydrogen-bond donors (Lipinski definition) is 2. The molecule has 1 aliphatic heterocycles. The fourth-order valence-electron chi connectivity index (χ4n) is 4.07. The molecule has 0 aliphatic carbocycles. The van der Waals surface area contributed by atoms with Crippen molar-refractivity contribution >= 4 is 15.9 Å². The molecule has 3 heterocycles. The largest absolute Gasteiger partial charge is 0.475 e. The number of hydrogen-bond acceptors (Lipinski definition) is 7. The summed E-state index contributed by atoms with van der Waals surface area (Å²) in [6.45, 7) is -1.31. The Labute approximate surface area is 225 Å². The predicted molar refractivity (Wildman–Crippen MR) is 130 cm³/mol. The van der Waals surface area contributed by atoms with Crippen molar-refractivity contribution in [2.24, 2.45) is 0 Å². The molecule has 0 bridgehead atoms. The summed E-state index contributed by atoms with van der Waals surface area (Å²) in [6, 6.07) is 7.38. The molecule has 2 aromatic heterocycles. The predicted octanol–water partition coefficient (Wildman–Crippen LogP) is 3.09. The molecule has 0 radical (unpaired) electrons. The number of nitrogens with zero attached hydrogens (tertiary/aromatic N) is 3. The Morgan fingerprint density at radius 2 is 1.85 bits per heavy atom. The number of nitrogens with one attached hydrogen (secondary N) is 1. The molecule has 0 spiro atoms. The Morgan fingerprint density at radius 1 is 1.12 bits per heavy atom. The number of amides is 1. The Morgan fingerprint density at radius 3 is 2.48 bits per heavy atom. The molecule has 0 saturated carbocycles. The standard InChI is InChI=1S/C25H23F5N4O5S/c26-17-2-4-20(5-3-17)40(37,38)34-14-18(27)11-21(34)24(36)32-13-19-9-16(10-23(33-19)39-8-7-35)15-1-6-22(31-12-15)25(28,29)30/h1-6,9-10,12,18,21,35H,7-8,11,13-14H2,(H,32,36)/t18-,21+/m1/s1. The third-order valence-electron chi connectivity index (χ3n) is 5.95. The highest BCUT2D eigenvalue weighted by molar-refractivity contribution is 7.89. The van der Waals surface area contributed by atoms with Crippen LogP contribution >= 0.6 is 0 Å². The van der Waals surface area contributed by atoms with Crippen LogP contribution < -0.4 is 10.1 Å². The first-order valence-electron chi connectivity index (χ1n) is 11.9. The van der Waals surface area contributed by atoms with Crippen LogP contribution in [0, 0.1) is 5.82 Å². The molecular formula is C25H23F5N4O5S. The average Bonchev–Trinajstić information content (AvgIpc) is 3.33. The number of sulfonamides is 1. The minimum absolute atomic E-state index is 0.000833. The Bertz CT molecular complexity index is 1450. The van der Waals surface area contributed by atoms with E-state index < -0.39 is 58.8 Å². The van der Waals surface area contributed by atoms with Crippen molar-refractivity contribution in [1.82, 2.24) is 19.6 Å². The maximum atomic E-state index is 14.3. The zero-order valence-corrected chi connectivity index (χ0v) is 21.4. The molecule has 1 saturated heterocycles. The first-order chi connectivity index (χ1) is 18.9. The molecule has 1 amide bonds. The van der Waals surface area contributed by atoms with Gasteiger partial charge in [-0.15, -0.1) is 0 Å². The Kier molecular flexibility index (Phi) is 8.65. The smallest absolute Gasteiger partial charge is 0.433 e. The summed E-state index contributed by atoms with van der Waals surface area (Å²) in [5.74, 6) is -1.48. The fraction of sp³-hybridized carbons (Fsp3) is 0.320. The SMILES string of the molecule is O=C(NCc1cc(-c2ccc(C(F)(F)F)nc2)cc(OCCO)n1)[C@@H]1C[C@@H](F)CN1S(=O)(=O)c1ccc(F)cc1. The van der Waals surface area contributed by atoms with E-state index in [1.54, 1.807) is 0 Å². The molecule has 40 heavy (non-hydrogen) atoms. The second-order valence-corrected chi connectivity index (χ2v) is 10.7. The maximum absolute atomic E-state index is 14.3. The van der Waals surface area contributed by atoms with E-state index in [1.165, 1.54) is 18.2 Å². The minimum atomic E-state index is -4.63. The van der Waals surface area contributed by atoms with Crippen LogP contribution in [0.25, 0.3) is 11.1 Å². The van der Waals surface area contributed by atoms with Crippen LogP contribution in [0.2, 0.25) is 0 Å². The van der Waals surface area contributed by atoms with Gasteiger partial charge in [0.05, 0.1) is 23.7 Å². The number of alkyl halides is 4. The Hall–Kier alpha value is -3.69. The topological polar surface area (TPSA) is 122 Å². The zero-order chi connectivity index (χ0) is 29.1. The number of aromatic nitrogens is 2. The van der Waals surface area contributed by atoms with Gasteiger partial charge in [0.2, 0.25) is 21.8 Å². The van der Waals surface area contributed by atoms with Crippen LogP contribution in [0.1, 0.15) is 17.8 Å².